The highest BCUT2D eigenvalue weighted by atomic mass is 16.3. The van der Waals surface area contributed by atoms with Crippen molar-refractivity contribution in [2.24, 2.45) is 5.11 Å². The Morgan fingerprint density at radius 2 is 2.00 bits per heavy atom. The Kier molecular flexibility index (Phi) is 3.15. The highest BCUT2D eigenvalue weighted by Crippen LogP contribution is 2.20. The van der Waals surface area contributed by atoms with Crippen LogP contribution in [0.4, 0.5) is 0 Å². The van der Waals surface area contributed by atoms with Crippen LogP contribution < -0.4 is 0 Å². The van der Waals surface area contributed by atoms with Crippen molar-refractivity contribution in [3.05, 3.63) is 52.4 Å². The molecule has 17 heavy (non-hydrogen) atoms. The van der Waals surface area contributed by atoms with Crippen molar-refractivity contribution >= 4 is 10.8 Å². The molecule has 2 aromatic carbocycles. The maximum absolute atomic E-state index is 9.38. The fraction of sp³-hybridized carbons (Fsp3) is 0.0769. The van der Waals surface area contributed by atoms with Gasteiger partial charge in [-0.3, -0.25) is 0 Å². The molecular weight excluding hydrogens is 214 g/mol. The fourth-order valence-electron chi connectivity index (χ4n) is 1.52. The minimum absolute atomic E-state index is 0.161. The summed E-state index contributed by atoms with van der Waals surface area (Å²) in [4.78, 5) is 2.62. The molecule has 0 radical (unpaired) electrons. The number of benzene rings is 2. The molecule has 0 amide bonds. The lowest BCUT2D eigenvalue weighted by atomic mass is 10.1. The van der Waals surface area contributed by atoms with Gasteiger partial charge in [0.1, 0.15) is 5.75 Å². The van der Waals surface area contributed by atoms with Crippen LogP contribution >= 0.6 is 0 Å². The molecule has 0 aromatic heterocycles. The summed E-state index contributed by atoms with van der Waals surface area (Å²) in [5, 5.41) is 14.7. The molecule has 0 atom stereocenters. The quantitative estimate of drug-likeness (QED) is 0.343. The van der Waals surface area contributed by atoms with Crippen molar-refractivity contribution in [3.8, 4) is 17.6 Å². The molecule has 0 bridgehead atoms. The van der Waals surface area contributed by atoms with E-state index in [1.165, 1.54) is 0 Å². The van der Waals surface area contributed by atoms with E-state index in [2.05, 4.69) is 21.9 Å². The summed E-state index contributed by atoms with van der Waals surface area (Å²) in [6, 6.07) is 10.9. The lowest BCUT2D eigenvalue weighted by molar-refractivity contribution is 0.476. The molecule has 4 heteroatoms. The van der Waals surface area contributed by atoms with Gasteiger partial charge in [-0.25, -0.2) is 0 Å². The summed E-state index contributed by atoms with van der Waals surface area (Å²) in [5.74, 6) is 5.88. The van der Waals surface area contributed by atoms with E-state index < -0.39 is 0 Å². The first-order valence-corrected chi connectivity index (χ1v) is 5.02. The van der Waals surface area contributed by atoms with Crippen molar-refractivity contribution < 1.29 is 5.11 Å². The van der Waals surface area contributed by atoms with E-state index in [-0.39, 0.29) is 12.3 Å². The second kappa shape index (κ2) is 4.93. The molecule has 82 valence electrons. The average Bonchev–Trinajstić information content (AvgIpc) is 2.34. The van der Waals surface area contributed by atoms with Crippen molar-refractivity contribution in [1.29, 1.82) is 0 Å². The predicted molar refractivity (Wildman–Crippen MR) is 66.5 cm³/mol. The first kappa shape index (κ1) is 10.9. The lowest BCUT2D eigenvalue weighted by Crippen LogP contribution is -1.78. The average molecular weight is 223 g/mol. The molecule has 0 fully saturated rings. The standard InChI is InChI=1S/C13H9N3O/c14-16-15-7-1-2-10-3-4-11-5-6-13(17)9-12(11)8-10/h3-6,8-9,17H,7H2. The minimum Gasteiger partial charge on any atom is -0.508 e. The van der Waals surface area contributed by atoms with Gasteiger partial charge in [0, 0.05) is 10.5 Å². The fourth-order valence-corrected chi connectivity index (χ4v) is 1.52. The Morgan fingerprint density at radius 3 is 2.82 bits per heavy atom. The molecule has 4 nitrogen and oxygen atoms in total. The zero-order valence-electron chi connectivity index (χ0n) is 8.96. The van der Waals surface area contributed by atoms with Crippen LogP contribution in [0.5, 0.6) is 5.75 Å². The molecule has 0 spiro atoms. The van der Waals surface area contributed by atoms with Gasteiger partial charge in [-0.2, -0.15) is 0 Å². The summed E-state index contributed by atoms with van der Waals surface area (Å²) in [6.45, 7) is 0.161. The first-order chi connectivity index (χ1) is 8.29. The number of hydrogen-bond donors (Lipinski definition) is 1. The largest absolute Gasteiger partial charge is 0.508 e. The number of nitrogens with zero attached hydrogens (tertiary/aromatic N) is 3. The van der Waals surface area contributed by atoms with E-state index >= 15 is 0 Å². The van der Waals surface area contributed by atoms with Crippen molar-refractivity contribution in [2.75, 3.05) is 6.54 Å². The zero-order valence-corrected chi connectivity index (χ0v) is 8.96. The number of phenols is 1. The summed E-state index contributed by atoms with van der Waals surface area (Å²) in [6.07, 6.45) is 0. The number of azide groups is 1. The Labute approximate surface area is 98.1 Å². The Bertz CT molecular complexity index is 661. The number of phenolic OH excluding ortho intramolecular Hbond substituents is 1. The van der Waals surface area contributed by atoms with Crippen molar-refractivity contribution in [1.82, 2.24) is 0 Å². The van der Waals surface area contributed by atoms with E-state index in [0.717, 1.165) is 16.3 Å². The molecule has 0 aliphatic heterocycles. The molecule has 0 saturated carbocycles. The molecule has 0 unspecified atom stereocenters. The molecule has 0 aliphatic carbocycles. The second-order valence-electron chi connectivity index (χ2n) is 3.44. The molecule has 0 heterocycles. The number of rotatable bonds is 1. The van der Waals surface area contributed by atoms with Crippen LogP contribution in [0.3, 0.4) is 0 Å². The van der Waals surface area contributed by atoms with Crippen LogP contribution in [-0.4, -0.2) is 11.7 Å². The van der Waals surface area contributed by atoms with Gasteiger partial charge < -0.3 is 5.11 Å². The van der Waals surface area contributed by atoms with Crippen LogP contribution in [0.2, 0.25) is 0 Å². The van der Waals surface area contributed by atoms with Crippen LogP contribution in [0, 0.1) is 11.8 Å². The second-order valence-corrected chi connectivity index (χ2v) is 3.44. The van der Waals surface area contributed by atoms with Gasteiger partial charge in [-0.15, -0.1) is 0 Å². The number of aromatic hydroxyl groups is 1. The molecule has 1 N–H and O–H groups in total. The molecule has 2 aromatic rings. The summed E-state index contributed by atoms with van der Waals surface area (Å²) in [5.41, 5.74) is 8.93. The lowest BCUT2D eigenvalue weighted by Gasteiger charge is -1.99. The highest BCUT2D eigenvalue weighted by molar-refractivity contribution is 5.85. The maximum Gasteiger partial charge on any atom is 0.116 e. The highest BCUT2D eigenvalue weighted by Gasteiger charge is 1.95. The van der Waals surface area contributed by atoms with Crippen LogP contribution in [0.25, 0.3) is 21.2 Å². The normalized spacial score (nSPS) is 9.18. The summed E-state index contributed by atoms with van der Waals surface area (Å²) in [7, 11) is 0. The SMILES string of the molecule is [N-]=[N+]=NCC#Cc1ccc2ccc(O)cc2c1. The Hall–Kier alpha value is -2.63. The topological polar surface area (TPSA) is 69.0 Å². The third-order valence-electron chi connectivity index (χ3n) is 2.27. The summed E-state index contributed by atoms with van der Waals surface area (Å²) < 4.78 is 0. The van der Waals surface area contributed by atoms with Gasteiger partial charge in [-0.05, 0) is 40.6 Å². The third kappa shape index (κ3) is 2.69. The monoisotopic (exact) mass is 223 g/mol. The van der Waals surface area contributed by atoms with E-state index in [1.807, 2.05) is 24.3 Å². The molecule has 0 saturated heterocycles. The Balaban J connectivity index is 2.35. The van der Waals surface area contributed by atoms with E-state index in [0.29, 0.717) is 0 Å². The molecular formula is C13H9N3O. The maximum atomic E-state index is 9.38. The smallest absolute Gasteiger partial charge is 0.116 e. The van der Waals surface area contributed by atoms with Crippen molar-refractivity contribution in [3.63, 3.8) is 0 Å². The van der Waals surface area contributed by atoms with Crippen LogP contribution in [-0.2, 0) is 0 Å². The third-order valence-corrected chi connectivity index (χ3v) is 2.27. The van der Waals surface area contributed by atoms with Gasteiger partial charge in [0.25, 0.3) is 0 Å². The number of hydrogen-bond acceptors (Lipinski definition) is 2. The number of fused-ring (bicyclic) bond motifs is 1. The van der Waals surface area contributed by atoms with Gasteiger partial charge in [0.05, 0.1) is 6.54 Å². The van der Waals surface area contributed by atoms with E-state index in [9.17, 15) is 5.11 Å². The zero-order chi connectivity index (χ0) is 12.1. The predicted octanol–water partition coefficient (Wildman–Crippen LogP) is 3.21. The summed E-state index contributed by atoms with van der Waals surface area (Å²) >= 11 is 0. The van der Waals surface area contributed by atoms with Crippen LogP contribution in [0.1, 0.15) is 5.56 Å². The first-order valence-electron chi connectivity index (χ1n) is 5.02. The minimum atomic E-state index is 0.161. The van der Waals surface area contributed by atoms with Gasteiger partial charge in [-0.1, -0.05) is 29.1 Å². The molecule has 0 aliphatic rings. The van der Waals surface area contributed by atoms with Crippen LogP contribution in [0.15, 0.2) is 41.5 Å². The van der Waals surface area contributed by atoms with E-state index in [1.54, 1.807) is 12.1 Å². The van der Waals surface area contributed by atoms with Gasteiger partial charge >= 0.3 is 0 Å². The Morgan fingerprint density at radius 1 is 1.18 bits per heavy atom. The molecule has 2 rings (SSSR count). The van der Waals surface area contributed by atoms with Gasteiger partial charge in [0.2, 0.25) is 0 Å². The van der Waals surface area contributed by atoms with E-state index in [4.69, 9.17) is 5.53 Å². The van der Waals surface area contributed by atoms with Gasteiger partial charge in [0.15, 0.2) is 0 Å². The van der Waals surface area contributed by atoms with Crippen molar-refractivity contribution in [2.45, 2.75) is 0 Å².